The molecular weight excluding hydrogens is 472 g/mol. The summed E-state index contributed by atoms with van der Waals surface area (Å²) in [6.07, 6.45) is 5.32. The molecule has 0 aromatic carbocycles. The topological polar surface area (TPSA) is 116 Å². The highest BCUT2D eigenvalue weighted by Crippen LogP contribution is 2.69. The Morgan fingerprint density at radius 3 is 2.43 bits per heavy atom. The predicted molar refractivity (Wildman–Crippen MR) is 140 cm³/mol. The van der Waals surface area contributed by atoms with E-state index in [9.17, 15) is 25.2 Å². The first-order chi connectivity index (χ1) is 17.1. The molecule has 4 fully saturated rings. The Morgan fingerprint density at radius 1 is 1.08 bits per heavy atom. The normalized spacial score (nSPS) is 46.5. The Morgan fingerprint density at radius 2 is 1.78 bits per heavy atom. The number of fused-ring (bicyclic) bond motifs is 5. The summed E-state index contributed by atoms with van der Waals surface area (Å²) in [4.78, 5) is 12.4. The van der Waals surface area contributed by atoms with Gasteiger partial charge in [-0.1, -0.05) is 20.8 Å². The van der Waals surface area contributed by atoms with Gasteiger partial charge >= 0.3 is 5.97 Å². The number of hydrogen-bond donors (Lipinski definition) is 4. The molecule has 4 aliphatic rings. The molecule has 0 aliphatic heterocycles. The number of ether oxygens (including phenoxy) is 2. The Balaban J connectivity index is 1.49. The highest BCUT2D eigenvalue weighted by atomic mass is 16.6. The first-order valence-electron chi connectivity index (χ1n) is 14.7. The summed E-state index contributed by atoms with van der Waals surface area (Å²) in [6, 6.07) is 0. The Bertz CT molecular complexity index is 825. The van der Waals surface area contributed by atoms with E-state index in [4.69, 9.17) is 9.47 Å². The standard InChI is InChI=1S/C30H52O7/c1-18(7-10-25(34)37-27(2,3)4)20-8-9-21-26-22(16-24(33)29(20,21)6)28(5)11-12-30(35,36-14-13-31)17-19(28)15-23(26)32/h18-24,26,31-33,35H,7-17H2,1-6H3/t18-,19-,20-,21+,22+,23-,24+,26+,28+,29-,30+/m1/s1. The van der Waals surface area contributed by atoms with Crippen LogP contribution in [0.4, 0.5) is 0 Å². The van der Waals surface area contributed by atoms with Gasteiger partial charge in [0.2, 0.25) is 0 Å². The van der Waals surface area contributed by atoms with Crippen molar-refractivity contribution in [3.63, 3.8) is 0 Å². The number of aliphatic hydroxyl groups is 4. The molecule has 7 heteroatoms. The van der Waals surface area contributed by atoms with Crippen molar-refractivity contribution in [1.82, 2.24) is 0 Å². The molecule has 37 heavy (non-hydrogen) atoms. The van der Waals surface area contributed by atoms with Crippen molar-refractivity contribution < 1.29 is 34.7 Å². The molecule has 214 valence electrons. The number of hydrogen-bond acceptors (Lipinski definition) is 7. The largest absolute Gasteiger partial charge is 0.460 e. The van der Waals surface area contributed by atoms with Gasteiger partial charge in [-0.25, -0.2) is 0 Å². The number of esters is 1. The molecule has 0 amide bonds. The van der Waals surface area contributed by atoms with E-state index in [1.165, 1.54) is 0 Å². The van der Waals surface area contributed by atoms with Gasteiger partial charge < -0.3 is 29.9 Å². The molecule has 4 saturated carbocycles. The van der Waals surface area contributed by atoms with Gasteiger partial charge in [-0.15, -0.1) is 0 Å². The fraction of sp³-hybridized carbons (Fsp3) is 0.967. The molecule has 0 aromatic heterocycles. The molecular formula is C30H52O7. The van der Waals surface area contributed by atoms with E-state index in [0.29, 0.717) is 38.0 Å². The van der Waals surface area contributed by atoms with Gasteiger partial charge in [0.15, 0.2) is 5.79 Å². The van der Waals surface area contributed by atoms with Gasteiger partial charge in [0, 0.05) is 19.3 Å². The van der Waals surface area contributed by atoms with Crippen LogP contribution in [0, 0.1) is 46.3 Å². The summed E-state index contributed by atoms with van der Waals surface area (Å²) < 4.78 is 11.2. The average Bonchev–Trinajstić information content (AvgIpc) is 3.15. The van der Waals surface area contributed by atoms with Crippen molar-refractivity contribution in [2.45, 2.75) is 123 Å². The summed E-state index contributed by atoms with van der Waals surface area (Å²) in [5.74, 6) is -0.122. The first kappa shape index (κ1) is 29.3. The highest BCUT2D eigenvalue weighted by molar-refractivity contribution is 5.69. The minimum atomic E-state index is -1.25. The van der Waals surface area contributed by atoms with Gasteiger partial charge in [-0.3, -0.25) is 4.79 Å². The van der Waals surface area contributed by atoms with Crippen LogP contribution in [0.25, 0.3) is 0 Å². The van der Waals surface area contributed by atoms with Crippen molar-refractivity contribution in [2.75, 3.05) is 13.2 Å². The van der Waals surface area contributed by atoms with E-state index in [0.717, 1.165) is 25.7 Å². The summed E-state index contributed by atoms with van der Waals surface area (Å²) in [7, 11) is 0. The molecule has 0 aromatic rings. The average molecular weight is 525 g/mol. The van der Waals surface area contributed by atoms with Crippen LogP contribution < -0.4 is 0 Å². The quantitative estimate of drug-likeness (QED) is 0.293. The Kier molecular flexibility index (Phi) is 8.18. The zero-order chi connectivity index (χ0) is 27.4. The predicted octanol–water partition coefficient (Wildman–Crippen LogP) is 4.04. The third kappa shape index (κ3) is 5.37. The van der Waals surface area contributed by atoms with Gasteiger partial charge in [-0.2, -0.15) is 0 Å². The Labute approximate surface area is 223 Å². The third-order valence-electron chi connectivity index (χ3n) is 11.3. The summed E-state index contributed by atoms with van der Waals surface area (Å²) in [6.45, 7) is 12.4. The molecule has 7 nitrogen and oxygen atoms in total. The van der Waals surface area contributed by atoms with Gasteiger partial charge in [0.1, 0.15) is 5.60 Å². The van der Waals surface area contributed by atoms with Crippen LogP contribution in [0.5, 0.6) is 0 Å². The second kappa shape index (κ2) is 10.3. The van der Waals surface area contributed by atoms with E-state index in [2.05, 4.69) is 20.8 Å². The van der Waals surface area contributed by atoms with Gasteiger partial charge in [0.25, 0.3) is 0 Å². The minimum Gasteiger partial charge on any atom is -0.460 e. The second-order valence-electron chi connectivity index (χ2n) is 14.4. The maximum absolute atomic E-state index is 12.4. The molecule has 4 rings (SSSR count). The molecule has 0 heterocycles. The SMILES string of the molecule is C[C@H](CCC(=O)OC(C)(C)C)[C@H]1CC[C@H]2[C@@H]3[C@H](O)C[C@@H]4C[C@@](O)(OCCO)CC[C@]4(C)[C@H]3C[C@H](O)[C@]12C. The molecule has 11 atom stereocenters. The number of carbonyl (C=O) groups is 1. The smallest absolute Gasteiger partial charge is 0.306 e. The molecule has 0 radical (unpaired) electrons. The lowest BCUT2D eigenvalue weighted by Crippen LogP contribution is -2.63. The summed E-state index contributed by atoms with van der Waals surface area (Å²) in [5.41, 5.74) is -0.829. The lowest BCUT2D eigenvalue weighted by molar-refractivity contribution is -0.275. The lowest BCUT2D eigenvalue weighted by Gasteiger charge is -2.64. The molecule has 0 saturated heterocycles. The number of rotatable bonds is 7. The maximum Gasteiger partial charge on any atom is 0.306 e. The fourth-order valence-corrected chi connectivity index (χ4v) is 9.42. The summed E-state index contributed by atoms with van der Waals surface area (Å²) in [5, 5.41) is 43.5. The first-order valence-corrected chi connectivity index (χ1v) is 14.7. The lowest BCUT2D eigenvalue weighted by atomic mass is 9.43. The molecule has 4 aliphatic carbocycles. The fourth-order valence-electron chi connectivity index (χ4n) is 9.42. The van der Waals surface area contributed by atoms with Crippen molar-refractivity contribution >= 4 is 5.97 Å². The van der Waals surface area contributed by atoms with Crippen LogP contribution in [0.3, 0.4) is 0 Å². The number of carbonyl (C=O) groups excluding carboxylic acids is 1. The van der Waals surface area contributed by atoms with Crippen LogP contribution in [0.2, 0.25) is 0 Å². The highest BCUT2D eigenvalue weighted by Gasteiger charge is 2.66. The van der Waals surface area contributed by atoms with E-state index >= 15 is 0 Å². The zero-order valence-electron chi connectivity index (χ0n) is 23.9. The van der Waals surface area contributed by atoms with E-state index in [1.54, 1.807) is 0 Å². The monoisotopic (exact) mass is 524 g/mol. The molecule has 0 unspecified atom stereocenters. The van der Waals surface area contributed by atoms with Crippen LogP contribution >= 0.6 is 0 Å². The van der Waals surface area contributed by atoms with Crippen LogP contribution in [-0.2, 0) is 14.3 Å². The molecule has 4 N–H and O–H groups in total. The minimum absolute atomic E-state index is 0.0680. The van der Waals surface area contributed by atoms with E-state index < -0.39 is 23.6 Å². The van der Waals surface area contributed by atoms with Crippen molar-refractivity contribution in [3.8, 4) is 0 Å². The Hall–Kier alpha value is -0.730. The van der Waals surface area contributed by atoms with E-state index in [-0.39, 0.29) is 59.6 Å². The van der Waals surface area contributed by atoms with Crippen molar-refractivity contribution in [1.29, 1.82) is 0 Å². The van der Waals surface area contributed by atoms with Gasteiger partial charge in [0.05, 0.1) is 25.4 Å². The number of aliphatic hydroxyl groups excluding tert-OH is 3. The van der Waals surface area contributed by atoms with Crippen LogP contribution in [-0.4, -0.2) is 63.2 Å². The van der Waals surface area contributed by atoms with Gasteiger partial charge in [-0.05, 0) is 106 Å². The maximum atomic E-state index is 12.4. The van der Waals surface area contributed by atoms with Crippen LogP contribution in [0.15, 0.2) is 0 Å². The summed E-state index contributed by atoms with van der Waals surface area (Å²) >= 11 is 0. The third-order valence-corrected chi connectivity index (χ3v) is 11.3. The van der Waals surface area contributed by atoms with Crippen molar-refractivity contribution in [3.05, 3.63) is 0 Å². The van der Waals surface area contributed by atoms with Crippen LogP contribution in [0.1, 0.15) is 99.3 Å². The zero-order valence-corrected chi connectivity index (χ0v) is 23.9. The molecule has 0 bridgehead atoms. The second-order valence-corrected chi connectivity index (χ2v) is 14.4. The van der Waals surface area contributed by atoms with E-state index in [1.807, 2.05) is 20.8 Å². The molecule has 0 spiro atoms. The van der Waals surface area contributed by atoms with Crippen molar-refractivity contribution in [2.24, 2.45) is 46.3 Å².